The zero-order valence-electron chi connectivity index (χ0n) is 9.44. The molecule has 1 aromatic heterocycles. The summed E-state index contributed by atoms with van der Waals surface area (Å²) < 4.78 is 18.2. The van der Waals surface area contributed by atoms with Crippen molar-refractivity contribution in [3.05, 3.63) is 52.6 Å². The van der Waals surface area contributed by atoms with Crippen LogP contribution in [0, 0.1) is 5.82 Å². The first-order valence-corrected chi connectivity index (χ1v) is 6.38. The van der Waals surface area contributed by atoms with Gasteiger partial charge in [-0.2, -0.15) is 0 Å². The molecule has 0 bridgehead atoms. The van der Waals surface area contributed by atoms with Crippen LogP contribution in [-0.4, -0.2) is 11.0 Å². The second-order valence-corrected chi connectivity index (χ2v) is 4.71. The standard InChI is InChI=1S/C12H8BrFN2O2S/c13-10-6-5-9(18-10)11(17)16-12(19)15-8-3-1-7(14)2-4-8/h1-6H,(H2,15,16,17,19). The lowest BCUT2D eigenvalue weighted by atomic mass is 10.3. The van der Waals surface area contributed by atoms with Crippen molar-refractivity contribution in [2.24, 2.45) is 0 Å². The number of amides is 1. The van der Waals surface area contributed by atoms with Crippen LogP contribution in [0.3, 0.4) is 0 Å². The lowest BCUT2D eigenvalue weighted by Gasteiger charge is -2.08. The Bertz CT molecular complexity index is 612. The molecular formula is C12H8BrFN2O2S. The first kappa shape index (κ1) is 13.7. The second kappa shape index (κ2) is 5.94. The minimum Gasteiger partial charge on any atom is -0.444 e. The maximum Gasteiger partial charge on any atom is 0.293 e. The first-order valence-electron chi connectivity index (χ1n) is 5.18. The topological polar surface area (TPSA) is 54.3 Å². The van der Waals surface area contributed by atoms with Crippen molar-refractivity contribution >= 4 is 44.9 Å². The highest BCUT2D eigenvalue weighted by molar-refractivity contribution is 9.10. The lowest BCUT2D eigenvalue weighted by Crippen LogP contribution is -2.33. The van der Waals surface area contributed by atoms with Crippen molar-refractivity contribution in [3.63, 3.8) is 0 Å². The summed E-state index contributed by atoms with van der Waals surface area (Å²) in [7, 11) is 0. The van der Waals surface area contributed by atoms with Gasteiger partial charge < -0.3 is 9.73 Å². The van der Waals surface area contributed by atoms with Gasteiger partial charge in [0.05, 0.1) is 0 Å². The van der Waals surface area contributed by atoms with Crippen LogP contribution < -0.4 is 10.6 Å². The third kappa shape index (κ3) is 3.87. The van der Waals surface area contributed by atoms with Gasteiger partial charge in [0, 0.05) is 5.69 Å². The van der Waals surface area contributed by atoms with Crippen molar-refractivity contribution in [2.45, 2.75) is 0 Å². The van der Waals surface area contributed by atoms with Crippen LogP contribution in [0.4, 0.5) is 10.1 Å². The molecule has 1 amide bonds. The predicted octanol–water partition coefficient (Wildman–Crippen LogP) is 3.31. The summed E-state index contributed by atoms with van der Waals surface area (Å²) in [6.07, 6.45) is 0. The number of carbonyl (C=O) groups is 1. The van der Waals surface area contributed by atoms with E-state index in [2.05, 4.69) is 26.6 Å². The minimum atomic E-state index is -0.467. The molecular weight excluding hydrogens is 335 g/mol. The third-order valence-corrected chi connectivity index (χ3v) is 2.76. The van der Waals surface area contributed by atoms with Crippen LogP contribution in [0.5, 0.6) is 0 Å². The molecule has 1 aromatic carbocycles. The van der Waals surface area contributed by atoms with Gasteiger partial charge in [0.1, 0.15) is 5.82 Å². The van der Waals surface area contributed by atoms with E-state index in [1.165, 1.54) is 30.3 Å². The molecule has 0 aliphatic heterocycles. The van der Waals surface area contributed by atoms with Gasteiger partial charge in [-0.1, -0.05) is 0 Å². The molecule has 0 fully saturated rings. The molecule has 2 rings (SSSR count). The number of thiocarbonyl (C=S) groups is 1. The SMILES string of the molecule is O=C(NC(=S)Nc1ccc(F)cc1)c1ccc(Br)o1. The summed E-state index contributed by atoms with van der Waals surface area (Å²) in [4.78, 5) is 11.7. The summed E-state index contributed by atoms with van der Waals surface area (Å²) in [6, 6.07) is 8.71. The molecule has 0 saturated carbocycles. The van der Waals surface area contributed by atoms with E-state index in [0.29, 0.717) is 10.4 Å². The third-order valence-electron chi connectivity index (χ3n) is 2.13. The maximum absolute atomic E-state index is 12.7. The number of anilines is 1. The minimum absolute atomic E-state index is 0.101. The Morgan fingerprint density at radius 2 is 1.89 bits per heavy atom. The van der Waals surface area contributed by atoms with E-state index in [1.54, 1.807) is 6.07 Å². The number of nitrogens with one attached hydrogen (secondary N) is 2. The van der Waals surface area contributed by atoms with Gasteiger partial charge in [-0.05, 0) is 64.5 Å². The molecule has 0 spiro atoms. The highest BCUT2D eigenvalue weighted by Gasteiger charge is 2.11. The van der Waals surface area contributed by atoms with E-state index in [-0.39, 0.29) is 16.7 Å². The average Bonchev–Trinajstić information content (AvgIpc) is 2.79. The quantitative estimate of drug-likeness (QED) is 0.822. The molecule has 0 atom stereocenters. The van der Waals surface area contributed by atoms with E-state index < -0.39 is 5.91 Å². The fraction of sp³-hybridized carbons (Fsp3) is 0. The molecule has 4 nitrogen and oxygen atoms in total. The number of benzene rings is 1. The number of rotatable bonds is 2. The molecule has 0 saturated heterocycles. The Hall–Kier alpha value is -1.73. The number of carbonyl (C=O) groups excluding carboxylic acids is 1. The summed E-state index contributed by atoms with van der Waals surface area (Å²) >= 11 is 8.06. The number of furan rings is 1. The lowest BCUT2D eigenvalue weighted by molar-refractivity contribution is 0.0949. The smallest absolute Gasteiger partial charge is 0.293 e. The van der Waals surface area contributed by atoms with E-state index in [0.717, 1.165) is 0 Å². The Kier molecular flexibility index (Phi) is 4.28. The van der Waals surface area contributed by atoms with Gasteiger partial charge in [-0.15, -0.1) is 0 Å². The van der Waals surface area contributed by atoms with E-state index in [9.17, 15) is 9.18 Å². The van der Waals surface area contributed by atoms with Crippen LogP contribution in [-0.2, 0) is 0 Å². The van der Waals surface area contributed by atoms with Gasteiger partial charge in [-0.3, -0.25) is 10.1 Å². The average molecular weight is 343 g/mol. The summed E-state index contributed by atoms with van der Waals surface area (Å²) in [5.41, 5.74) is 0.576. The van der Waals surface area contributed by atoms with E-state index >= 15 is 0 Å². The van der Waals surface area contributed by atoms with Crippen molar-refractivity contribution in [3.8, 4) is 0 Å². The molecule has 2 aromatic rings. The Balaban J connectivity index is 1.94. The van der Waals surface area contributed by atoms with Crippen LogP contribution in [0.2, 0.25) is 0 Å². The molecule has 1 heterocycles. The van der Waals surface area contributed by atoms with Crippen molar-refractivity contribution in [1.29, 1.82) is 0 Å². The highest BCUT2D eigenvalue weighted by atomic mass is 79.9. The second-order valence-electron chi connectivity index (χ2n) is 3.52. The van der Waals surface area contributed by atoms with E-state index in [1.807, 2.05) is 0 Å². The van der Waals surface area contributed by atoms with Gasteiger partial charge in [-0.25, -0.2) is 4.39 Å². The molecule has 0 radical (unpaired) electrons. The Morgan fingerprint density at radius 3 is 2.47 bits per heavy atom. The van der Waals surface area contributed by atoms with Gasteiger partial charge in [0.2, 0.25) is 0 Å². The molecule has 0 aliphatic rings. The highest BCUT2D eigenvalue weighted by Crippen LogP contribution is 2.14. The number of halogens is 2. The van der Waals surface area contributed by atoms with E-state index in [4.69, 9.17) is 16.6 Å². The van der Waals surface area contributed by atoms with Gasteiger partial charge in [0.15, 0.2) is 15.5 Å². The number of hydrogen-bond donors (Lipinski definition) is 2. The molecule has 2 N–H and O–H groups in total. The fourth-order valence-corrected chi connectivity index (χ4v) is 1.81. The zero-order chi connectivity index (χ0) is 13.8. The van der Waals surface area contributed by atoms with Crippen LogP contribution in [0.1, 0.15) is 10.6 Å². The predicted molar refractivity (Wildman–Crippen MR) is 76.5 cm³/mol. The normalized spacial score (nSPS) is 10.0. The fourth-order valence-electron chi connectivity index (χ4n) is 1.30. The Morgan fingerprint density at radius 1 is 1.21 bits per heavy atom. The molecule has 98 valence electrons. The zero-order valence-corrected chi connectivity index (χ0v) is 11.8. The van der Waals surface area contributed by atoms with Crippen LogP contribution in [0.25, 0.3) is 0 Å². The molecule has 0 aliphatic carbocycles. The summed E-state index contributed by atoms with van der Waals surface area (Å²) in [5, 5.41) is 5.30. The maximum atomic E-state index is 12.7. The first-order chi connectivity index (χ1) is 9.04. The van der Waals surface area contributed by atoms with Crippen molar-refractivity contribution < 1.29 is 13.6 Å². The van der Waals surface area contributed by atoms with Crippen molar-refractivity contribution in [2.75, 3.05) is 5.32 Å². The van der Waals surface area contributed by atoms with Gasteiger partial charge >= 0.3 is 0 Å². The van der Waals surface area contributed by atoms with Crippen LogP contribution >= 0.6 is 28.1 Å². The van der Waals surface area contributed by atoms with Crippen molar-refractivity contribution in [1.82, 2.24) is 5.32 Å². The molecule has 0 unspecified atom stereocenters. The number of hydrogen-bond acceptors (Lipinski definition) is 3. The van der Waals surface area contributed by atoms with Crippen LogP contribution in [0.15, 0.2) is 45.5 Å². The van der Waals surface area contributed by atoms with Gasteiger partial charge in [0.25, 0.3) is 5.91 Å². The summed E-state index contributed by atoms with van der Waals surface area (Å²) in [6.45, 7) is 0. The molecule has 7 heteroatoms. The Labute approximate surface area is 122 Å². The largest absolute Gasteiger partial charge is 0.444 e. The molecule has 19 heavy (non-hydrogen) atoms. The monoisotopic (exact) mass is 342 g/mol. The summed E-state index contributed by atoms with van der Waals surface area (Å²) in [5.74, 6) is -0.679.